The number of alkyl halides is 3. The Morgan fingerprint density at radius 1 is 1.41 bits per heavy atom. The van der Waals surface area contributed by atoms with E-state index in [1.165, 1.54) is 0 Å². The Bertz CT molecular complexity index is 413. The van der Waals surface area contributed by atoms with Crippen LogP contribution >= 0.6 is 0 Å². The topological polar surface area (TPSA) is 42.1 Å². The standard InChI is InChI=1S/C11H14F3N3/c1-2-17(8-3-4-8)10-6-7(11(12,13)14)5-9(15)16-10/h5-6,8H,2-4H2,1H3,(H2,15,16). The largest absolute Gasteiger partial charge is 0.416 e. The molecule has 17 heavy (non-hydrogen) atoms. The highest BCUT2D eigenvalue weighted by Gasteiger charge is 2.34. The molecular weight excluding hydrogens is 231 g/mol. The zero-order chi connectivity index (χ0) is 12.6. The summed E-state index contributed by atoms with van der Waals surface area (Å²) in [4.78, 5) is 5.85. The van der Waals surface area contributed by atoms with Crippen molar-refractivity contribution in [2.45, 2.75) is 32.0 Å². The molecule has 0 radical (unpaired) electrons. The molecule has 0 bridgehead atoms. The lowest BCUT2D eigenvalue weighted by Gasteiger charge is -2.22. The van der Waals surface area contributed by atoms with E-state index in [4.69, 9.17) is 5.73 Å². The van der Waals surface area contributed by atoms with Gasteiger partial charge in [0, 0.05) is 12.6 Å². The van der Waals surface area contributed by atoms with Gasteiger partial charge in [0.15, 0.2) is 0 Å². The number of aromatic nitrogens is 1. The average molecular weight is 245 g/mol. The smallest absolute Gasteiger partial charge is 0.384 e. The summed E-state index contributed by atoms with van der Waals surface area (Å²) in [5.41, 5.74) is 4.69. The average Bonchev–Trinajstić information content (AvgIpc) is 3.01. The van der Waals surface area contributed by atoms with Crippen molar-refractivity contribution in [3.8, 4) is 0 Å². The maximum atomic E-state index is 12.6. The van der Waals surface area contributed by atoms with Gasteiger partial charge in [0.2, 0.25) is 0 Å². The van der Waals surface area contributed by atoms with Gasteiger partial charge in [-0.25, -0.2) is 4.98 Å². The third kappa shape index (κ3) is 2.62. The third-order valence-electron chi connectivity index (χ3n) is 2.78. The second-order valence-corrected chi connectivity index (χ2v) is 4.15. The number of pyridine rings is 1. The summed E-state index contributed by atoms with van der Waals surface area (Å²) >= 11 is 0. The molecule has 0 unspecified atom stereocenters. The van der Waals surface area contributed by atoms with Crippen molar-refractivity contribution >= 4 is 11.6 Å². The minimum absolute atomic E-state index is 0.0890. The molecular formula is C11H14F3N3. The molecule has 0 saturated heterocycles. The van der Waals surface area contributed by atoms with Gasteiger partial charge in [0.05, 0.1) is 5.56 Å². The Morgan fingerprint density at radius 2 is 2.06 bits per heavy atom. The van der Waals surface area contributed by atoms with Crippen LogP contribution in [-0.2, 0) is 6.18 Å². The van der Waals surface area contributed by atoms with Crippen molar-refractivity contribution in [1.82, 2.24) is 4.98 Å². The molecule has 1 heterocycles. The highest BCUT2D eigenvalue weighted by molar-refractivity contribution is 5.50. The van der Waals surface area contributed by atoms with Gasteiger partial charge in [-0.2, -0.15) is 13.2 Å². The summed E-state index contributed by atoms with van der Waals surface area (Å²) in [7, 11) is 0. The highest BCUT2D eigenvalue weighted by Crippen LogP contribution is 2.35. The van der Waals surface area contributed by atoms with Crippen LogP contribution in [-0.4, -0.2) is 17.6 Å². The first-order chi connectivity index (χ1) is 7.91. The lowest BCUT2D eigenvalue weighted by molar-refractivity contribution is -0.137. The van der Waals surface area contributed by atoms with E-state index in [2.05, 4.69) is 4.98 Å². The van der Waals surface area contributed by atoms with Crippen molar-refractivity contribution < 1.29 is 13.2 Å². The monoisotopic (exact) mass is 245 g/mol. The normalized spacial score (nSPS) is 16.0. The molecule has 0 spiro atoms. The number of anilines is 2. The number of hydrogen-bond acceptors (Lipinski definition) is 3. The van der Waals surface area contributed by atoms with E-state index < -0.39 is 11.7 Å². The number of nitrogen functional groups attached to an aromatic ring is 1. The van der Waals surface area contributed by atoms with Crippen LogP contribution in [0.4, 0.5) is 24.8 Å². The number of rotatable bonds is 3. The molecule has 2 N–H and O–H groups in total. The summed E-state index contributed by atoms with van der Waals surface area (Å²) in [6.07, 6.45) is -2.37. The van der Waals surface area contributed by atoms with Crippen molar-refractivity contribution in [3.63, 3.8) is 0 Å². The maximum absolute atomic E-state index is 12.6. The van der Waals surface area contributed by atoms with E-state index >= 15 is 0 Å². The van der Waals surface area contributed by atoms with Crippen molar-refractivity contribution in [2.75, 3.05) is 17.2 Å². The minimum Gasteiger partial charge on any atom is -0.384 e. The summed E-state index contributed by atoms with van der Waals surface area (Å²) in [6.45, 7) is 2.54. The van der Waals surface area contributed by atoms with Crippen molar-refractivity contribution in [1.29, 1.82) is 0 Å². The summed E-state index contributed by atoms with van der Waals surface area (Å²) in [5.74, 6) is 0.233. The second kappa shape index (κ2) is 4.09. The highest BCUT2D eigenvalue weighted by atomic mass is 19.4. The van der Waals surface area contributed by atoms with Crippen molar-refractivity contribution in [2.24, 2.45) is 0 Å². The van der Waals surface area contributed by atoms with E-state index in [1.807, 2.05) is 11.8 Å². The zero-order valence-electron chi connectivity index (χ0n) is 9.46. The predicted octanol–water partition coefficient (Wildman–Crippen LogP) is 2.67. The SMILES string of the molecule is CCN(c1cc(C(F)(F)F)cc(N)n1)C1CC1. The first kappa shape index (κ1) is 12.0. The van der Waals surface area contributed by atoms with E-state index in [1.54, 1.807) is 0 Å². The van der Waals surface area contributed by atoms with Gasteiger partial charge in [-0.1, -0.05) is 0 Å². The number of halogens is 3. The van der Waals surface area contributed by atoms with Gasteiger partial charge in [0.25, 0.3) is 0 Å². The van der Waals surface area contributed by atoms with Crippen molar-refractivity contribution in [3.05, 3.63) is 17.7 Å². The van der Waals surface area contributed by atoms with Crippen LogP contribution in [0.25, 0.3) is 0 Å². The number of hydrogen-bond donors (Lipinski definition) is 1. The van der Waals surface area contributed by atoms with Gasteiger partial charge in [-0.05, 0) is 31.9 Å². The van der Waals surface area contributed by atoms with Gasteiger partial charge < -0.3 is 10.6 Å². The maximum Gasteiger partial charge on any atom is 0.416 e. The first-order valence-electron chi connectivity index (χ1n) is 5.53. The van der Waals surface area contributed by atoms with E-state index in [9.17, 15) is 13.2 Å². The third-order valence-corrected chi connectivity index (χ3v) is 2.78. The molecule has 1 aromatic heterocycles. The Morgan fingerprint density at radius 3 is 2.53 bits per heavy atom. The molecule has 0 atom stereocenters. The van der Waals surface area contributed by atoms with Crippen LogP contribution in [0.3, 0.4) is 0 Å². The van der Waals surface area contributed by atoms with Gasteiger partial charge in [-0.15, -0.1) is 0 Å². The van der Waals surface area contributed by atoms with Crippen LogP contribution in [0, 0.1) is 0 Å². The van der Waals surface area contributed by atoms with Gasteiger partial charge >= 0.3 is 6.18 Å². The van der Waals surface area contributed by atoms with Crippen LogP contribution in [0.2, 0.25) is 0 Å². The lowest BCUT2D eigenvalue weighted by Crippen LogP contribution is -2.26. The molecule has 1 aliphatic rings. The molecule has 0 aromatic carbocycles. The molecule has 94 valence electrons. The van der Waals surface area contributed by atoms with E-state index in [-0.39, 0.29) is 5.82 Å². The quantitative estimate of drug-likeness (QED) is 0.890. The molecule has 1 aromatic rings. The molecule has 0 aliphatic heterocycles. The fourth-order valence-electron chi connectivity index (χ4n) is 1.84. The number of nitrogens with zero attached hydrogens (tertiary/aromatic N) is 2. The molecule has 2 rings (SSSR count). The fourth-order valence-corrected chi connectivity index (χ4v) is 1.84. The van der Waals surface area contributed by atoms with E-state index in [0.29, 0.717) is 18.4 Å². The lowest BCUT2D eigenvalue weighted by atomic mass is 10.2. The number of nitrogens with two attached hydrogens (primary N) is 1. The molecule has 3 nitrogen and oxygen atoms in total. The Hall–Kier alpha value is -1.46. The van der Waals surface area contributed by atoms with Crippen LogP contribution in [0.1, 0.15) is 25.3 Å². The summed E-state index contributed by atoms with van der Waals surface area (Å²) in [5, 5.41) is 0. The Balaban J connectivity index is 2.36. The molecule has 1 fully saturated rings. The summed E-state index contributed by atoms with van der Waals surface area (Å²) < 4.78 is 37.9. The van der Waals surface area contributed by atoms with Gasteiger partial charge in [0.1, 0.15) is 11.6 Å². The second-order valence-electron chi connectivity index (χ2n) is 4.15. The zero-order valence-corrected chi connectivity index (χ0v) is 9.46. The molecule has 6 heteroatoms. The Kier molecular flexibility index (Phi) is 2.89. The van der Waals surface area contributed by atoms with Gasteiger partial charge in [-0.3, -0.25) is 0 Å². The minimum atomic E-state index is -4.38. The predicted molar refractivity (Wildman–Crippen MR) is 59.7 cm³/mol. The first-order valence-corrected chi connectivity index (χ1v) is 5.53. The van der Waals surface area contributed by atoms with E-state index in [0.717, 1.165) is 25.0 Å². The fraction of sp³-hybridized carbons (Fsp3) is 0.545. The molecule has 1 aliphatic carbocycles. The molecule has 0 amide bonds. The summed E-state index contributed by atoms with van der Waals surface area (Å²) in [6, 6.07) is 2.25. The van der Waals surface area contributed by atoms with Crippen LogP contribution in [0.5, 0.6) is 0 Å². The van der Waals surface area contributed by atoms with Crippen LogP contribution in [0.15, 0.2) is 12.1 Å². The van der Waals surface area contributed by atoms with Crippen LogP contribution < -0.4 is 10.6 Å². The molecule has 1 saturated carbocycles. The Labute approximate surface area is 97.4 Å².